The maximum atomic E-state index is 6.19. The average molecular weight is 374 g/mol. The number of rotatable bonds is 4. The molecule has 0 bridgehead atoms. The largest absolute Gasteiger partial charge is 0.371 e. The van der Waals surface area contributed by atoms with Crippen LogP contribution in [0.25, 0.3) is 11.3 Å². The van der Waals surface area contributed by atoms with Crippen LogP contribution in [-0.4, -0.2) is 18.0 Å². The van der Waals surface area contributed by atoms with Gasteiger partial charge < -0.3 is 4.90 Å². The molecule has 0 unspecified atom stereocenters. The Balaban J connectivity index is 1.98. The third kappa shape index (κ3) is 4.09. The van der Waals surface area contributed by atoms with E-state index in [2.05, 4.69) is 77.7 Å². The SMILES string of the molecule is Clc1ccc(C(=C(c2ccccc2)c2ccccc2)N2CCCCC2)cc1. The molecule has 1 saturated heterocycles. The summed E-state index contributed by atoms with van der Waals surface area (Å²) in [5, 5.41) is 0.776. The summed E-state index contributed by atoms with van der Waals surface area (Å²) in [7, 11) is 0. The van der Waals surface area contributed by atoms with E-state index in [0.29, 0.717) is 0 Å². The molecule has 1 heterocycles. The first-order valence-electron chi connectivity index (χ1n) is 9.69. The summed E-state index contributed by atoms with van der Waals surface area (Å²) >= 11 is 6.19. The van der Waals surface area contributed by atoms with E-state index in [1.165, 1.54) is 47.2 Å². The summed E-state index contributed by atoms with van der Waals surface area (Å²) < 4.78 is 0. The normalized spacial score (nSPS) is 14.0. The molecule has 2 heteroatoms. The number of hydrogen-bond donors (Lipinski definition) is 0. The van der Waals surface area contributed by atoms with Gasteiger partial charge in [0.15, 0.2) is 0 Å². The second-order valence-corrected chi connectivity index (χ2v) is 7.45. The molecule has 3 aromatic carbocycles. The number of likely N-dealkylation sites (tertiary alicyclic amines) is 1. The zero-order chi connectivity index (χ0) is 18.5. The first-order valence-corrected chi connectivity index (χ1v) is 10.1. The molecule has 0 atom stereocenters. The third-order valence-corrected chi connectivity index (χ3v) is 5.40. The Labute approximate surface area is 166 Å². The molecule has 3 aromatic rings. The van der Waals surface area contributed by atoms with Crippen molar-refractivity contribution in [3.05, 3.63) is 107 Å². The van der Waals surface area contributed by atoms with E-state index in [1.54, 1.807) is 0 Å². The van der Waals surface area contributed by atoms with Crippen molar-refractivity contribution >= 4 is 22.9 Å². The summed E-state index contributed by atoms with van der Waals surface area (Å²) in [6.45, 7) is 2.20. The summed E-state index contributed by atoms with van der Waals surface area (Å²) in [4.78, 5) is 2.56. The fourth-order valence-electron chi connectivity index (χ4n) is 3.86. The van der Waals surface area contributed by atoms with Gasteiger partial charge in [0.1, 0.15) is 0 Å². The Bertz CT molecular complexity index is 851. The molecule has 1 fully saturated rings. The molecule has 1 aliphatic heterocycles. The predicted octanol–water partition coefficient (Wildman–Crippen LogP) is 6.74. The maximum absolute atomic E-state index is 6.19. The maximum Gasteiger partial charge on any atom is 0.0525 e. The van der Waals surface area contributed by atoms with Gasteiger partial charge in [-0.2, -0.15) is 0 Å². The lowest BCUT2D eigenvalue weighted by Crippen LogP contribution is -2.29. The summed E-state index contributed by atoms with van der Waals surface area (Å²) in [6, 6.07) is 29.8. The molecule has 0 radical (unpaired) electrons. The second kappa shape index (κ2) is 8.45. The first kappa shape index (κ1) is 17.9. The molecule has 1 nitrogen and oxygen atoms in total. The van der Waals surface area contributed by atoms with Crippen molar-refractivity contribution < 1.29 is 0 Å². The standard InChI is InChI=1S/C25H24ClN/c26-23-16-14-22(15-17-23)25(27-18-8-3-9-19-27)24(20-10-4-1-5-11-20)21-12-6-2-7-13-21/h1-2,4-7,10-17H,3,8-9,18-19H2. The van der Waals surface area contributed by atoms with Crippen molar-refractivity contribution in [3.8, 4) is 0 Å². The van der Waals surface area contributed by atoms with Gasteiger partial charge in [-0.05, 0) is 48.1 Å². The van der Waals surface area contributed by atoms with Crippen LogP contribution < -0.4 is 0 Å². The zero-order valence-corrected chi connectivity index (χ0v) is 16.2. The Morgan fingerprint density at radius 1 is 0.593 bits per heavy atom. The lowest BCUT2D eigenvalue weighted by molar-refractivity contribution is 0.326. The van der Waals surface area contributed by atoms with Crippen LogP contribution in [-0.2, 0) is 0 Å². The molecule has 0 aromatic heterocycles. The molecule has 0 amide bonds. The lowest BCUT2D eigenvalue weighted by atomic mass is 9.91. The highest BCUT2D eigenvalue weighted by Crippen LogP contribution is 2.36. The molecule has 4 rings (SSSR count). The van der Waals surface area contributed by atoms with Gasteiger partial charge in [-0.15, -0.1) is 0 Å². The zero-order valence-electron chi connectivity index (χ0n) is 15.4. The average Bonchev–Trinajstić information content (AvgIpc) is 2.75. The van der Waals surface area contributed by atoms with E-state index in [-0.39, 0.29) is 0 Å². The fraction of sp³-hybridized carbons (Fsp3) is 0.200. The molecular formula is C25H24ClN. The number of halogens is 1. The predicted molar refractivity (Wildman–Crippen MR) is 116 cm³/mol. The Kier molecular flexibility index (Phi) is 5.60. The van der Waals surface area contributed by atoms with Crippen molar-refractivity contribution in [2.24, 2.45) is 0 Å². The smallest absolute Gasteiger partial charge is 0.0525 e. The molecule has 0 saturated carbocycles. The van der Waals surface area contributed by atoms with Crippen LogP contribution in [0.4, 0.5) is 0 Å². The van der Waals surface area contributed by atoms with E-state index < -0.39 is 0 Å². The van der Waals surface area contributed by atoms with Gasteiger partial charge in [0.05, 0.1) is 5.70 Å². The quantitative estimate of drug-likeness (QED) is 0.457. The van der Waals surface area contributed by atoms with Gasteiger partial charge in [0.25, 0.3) is 0 Å². The van der Waals surface area contributed by atoms with Crippen LogP contribution >= 0.6 is 11.6 Å². The van der Waals surface area contributed by atoms with Gasteiger partial charge in [-0.25, -0.2) is 0 Å². The highest BCUT2D eigenvalue weighted by atomic mass is 35.5. The lowest BCUT2D eigenvalue weighted by Gasteiger charge is -2.34. The van der Waals surface area contributed by atoms with Gasteiger partial charge in [-0.3, -0.25) is 0 Å². The van der Waals surface area contributed by atoms with Crippen LogP contribution in [0.3, 0.4) is 0 Å². The van der Waals surface area contributed by atoms with Crippen molar-refractivity contribution in [2.45, 2.75) is 19.3 Å². The van der Waals surface area contributed by atoms with Crippen LogP contribution in [0, 0.1) is 0 Å². The van der Waals surface area contributed by atoms with E-state index in [4.69, 9.17) is 11.6 Å². The topological polar surface area (TPSA) is 3.24 Å². The van der Waals surface area contributed by atoms with Crippen molar-refractivity contribution in [2.75, 3.05) is 13.1 Å². The van der Waals surface area contributed by atoms with Crippen molar-refractivity contribution in [3.63, 3.8) is 0 Å². The van der Waals surface area contributed by atoms with Gasteiger partial charge >= 0.3 is 0 Å². The molecule has 0 aliphatic carbocycles. The Morgan fingerprint density at radius 2 is 1.11 bits per heavy atom. The highest BCUT2D eigenvalue weighted by molar-refractivity contribution is 6.30. The first-order chi connectivity index (χ1) is 13.3. The molecular weight excluding hydrogens is 350 g/mol. The van der Waals surface area contributed by atoms with E-state index >= 15 is 0 Å². The minimum absolute atomic E-state index is 0.776. The third-order valence-electron chi connectivity index (χ3n) is 5.15. The van der Waals surface area contributed by atoms with Crippen LogP contribution in [0.5, 0.6) is 0 Å². The van der Waals surface area contributed by atoms with Crippen LogP contribution in [0.15, 0.2) is 84.9 Å². The minimum atomic E-state index is 0.776. The monoisotopic (exact) mass is 373 g/mol. The van der Waals surface area contributed by atoms with Crippen molar-refractivity contribution in [1.29, 1.82) is 0 Å². The molecule has 1 aliphatic rings. The van der Waals surface area contributed by atoms with E-state index in [0.717, 1.165) is 18.1 Å². The summed E-state index contributed by atoms with van der Waals surface area (Å²) in [6.07, 6.45) is 3.80. The number of hydrogen-bond acceptors (Lipinski definition) is 1. The van der Waals surface area contributed by atoms with Gasteiger partial charge in [0, 0.05) is 23.7 Å². The molecule has 27 heavy (non-hydrogen) atoms. The number of piperidine rings is 1. The molecule has 0 spiro atoms. The van der Waals surface area contributed by atoms with E-state index in [9.17, 15) is 0 Å². The molecule has 136 valence electrons. The minimum Gasteiger partial charge on any atom is -0.371 e. The van der Waals surface area contributed by atoms with Gasteiger partial charge in [0.2, 0.25) is 0 Å². The molecule has 0 N–H and O–H groups in total. The van der Waals surface area contributed by atoms with Crippen LogP contribution in [0.2, 0.25) is 5.02 Å². The fourth-order valence-corrected chi connectivity index (χ4v) is 3.99. The number of benzene rings is 3. The second-order valence-electron chi connectivity index (χ2n) is 7.01. The van der Waals surface area contributed by atoms with Crippen molar-refractivity contribution in [1.82, 2.24) is 4.90 Å². The number of nitrogens with zero attached hydrogens (tertiary/aromatic N) is 1. The summed E-state index contributed by atoms with van der Waals surface area (Å²) in [5.41, 5.74) is 6.33. The highest BCUT2D eigenvalue weighted by Gasteiger charge is 2.21. The van der Waals surface area contributed by atoms with Crippen LogP contribution in [0.1, 0.15) is 36.0 Å². The van der Waals surface area contributed by atoms with E-state index in [1.807, 2.05) is 12.1 Å². The Hall–Kier alpha value is -2.51. The van der Waals surface area contributed by atoms with Gasteiger partial charge in [-0.1, -0.05) is 84.4 Å². The summed E-state index contributed by atoms with van der Waals surface area (Å²) in [5.74, 6) is 0. The Morgan fingerprint density at radius 3 is 1.63 bits per heavy atom.